The first-order valence-electron chi connectivity index (χ1n) is 39.8. The highest BCUT2D eigenvalue weighted by Gasteiger charge is 2.23. The van der Waals surface area contributed by atoms with Gasteiger partial charge in [0.1, 0.15) is 0 Å². The van der Waals surface area contributed by atoms with E-state index < -0.39 is 0 Å². The Morgan fingerprint density at radius 2 is 0.322 bits per heavy atom. The Balaban J connectivity index is 0.000000143. The normalized spacial score (nSPS) is 11.6. The van der Waals surface area contributed by atoms with E-state index in [0.29, 0.717) is 34.9 Å². The molecule has 10 heteroatoms. The standard InChI is InChI=1S/C57H37N5.C51H33N5/c1-3-14-38(15-4-1)40-26-30-42(31-27-40)55-58-56(43-32-28-41(29-33-43)39-16-5-2-6-17-39)60-57(59-55)44-18-13-19-45(36-44)61-53-25-12-9-22-49(53)50-37-46(34-35-54(50)61)62-51-23-10-7-20-47(51)48-21-8-11-24-52(48)62;1-3-15-34(16-4-1)36-19-13-20-37(31-36)50-52-49(35-17-5-2-6-18-35)53-51(54-50)38-21-14-22-39(32-38)55-47-28-12-9-25-43(47)44-33-40(29-30-48(44)55)56-45-26-10-7-23-41(45)42-24-8-11-27-46(42)56/h1-37H;1-33H. The molecule has 552 valence electrons. The van der Waals surface area contributed by atoms with Gasteiger partial charge in [0.25, 0.3) is 0 Å². The number of para-hydroxylation sites is 6. The third-order valence-corrected chi connectivity index (χ3v) is 22.7. The van der Waals surface area contributed by atoms with Gasteiger partial charge in [-0.25, -0.2) is 29.9 Å². The summed E-state index contributed by atoms with van der Waals surface area (Å²) in [6, 6.07) is 150. The molecule has 0 saturated carbocycles. The summed E-state index contributed by atoms with van der Waals surface area (Å²) in [6.07, 6.45) is 0. The molecule has 118 heavy (non-hydrogen) atoms. The van der Waals surface area contributed by atoms with E-state index in [0.717, 1.165) is 100 Å². The molecule has 0 aliphatic heterocycles. The fourth-order valence-electron chi connectivity index (χ4n) is 17.2. The van der Waals surface area contributed by atoms with E-state index in [1.165, 1.54) is 76.3 Å². The number of hydrogen-bond donors (Lipinski definition) is 0. The maximum absolute atomic E-state index is 5.17. The summed E-state index contributed by atoms with van der Waals surface area (Å²) in [5.41, 5.74) is 26.0. The zero-order valence-corrected chi connectivity index (χ0v) is 63.9. The molecule has 10 nitrogen and oxygen atoms in total. The molecular formula is C108H70N10. The summed E-state index contributed by atoms with van der Waals surface area (Å²) in [6.45, 7) is 0. The zero-order chi connectivity index (χ0) is 78.0. The lowest BCUT2D eigenvalue weighted by atomic mass is 10.0. The summed E-state index contributed by atoms with van der Waals surface area (Å²) >= 11 is 0. The van der Waals surface area contributed by atoms with Crippen molar-refractivity contribution < 1.29 is 0 Å². The molecule has 6 heterocycles. The van der Waals surface area contributed by atoms with Crippen LogP contribution in [0.15, 0.2) is 425 Å². The van der Waals surface area contributed by atoms with Crippen molar-refractivity contribution in [1.29, 1.82) is 0 Å². The number of hydrogen-bond acceptors (Lipinski definition) is 6. The molecule has 17 aromatic carbocycles. The number of aromatic nitrogens is 10. The van der Waals surface area contributed by atoms with Gasteiger partial charge in [-0.2, -0.15) is 0 Å². The molecule has 0 unspecified atom stereocenters. The summed E-state index contributed by atoms with van der Waals surface area (Å²) in [7, 11) is 0. The quantitative estimate of drug-likeness (QED) is 0.114. The number of fused-ring (bicyclic) bond motifs is 12. The highest BCUT2D eigenvalue weighted by atomic mass is 15.1. The predicted octanol–water partition coefficient (Wildman–Crippen LogP) is 27.1. The van der Waals surface area contributed by atoms with Crippen molar-refractivity contribution in [1.82, 2.24) is 48.2 Å². The first kappa shape index (κ1) is 68.7. The molecule has 0 radical (unpaired) electrons. The van der Waals surface area contributed by atoms with Gasteiger partial charge in [-0.05, 0) is 137 Å². The zero-order valence-electron chi connectivity index (χ0n) is 63.9. The lowest BCUT2D eigenvalue weighted by Crippen LogP contribution is -2.01. The SMILES string of the molecule is c1ccc(-c2ccc(-c3nc(-c4ccc(-c5ccccc5)cc4)nc(-c4cccc(-n5c6ccccc6c6cc(-n7c8ccccc8c8ccccc87)ccc65)c4)n3)cc2)cc1.c1ccc(-c2cccc(-c3nc(-c4ccccc4)nc(-c4cccc(-n5c6ccccc6c6cc(-n7c8ccccc8c8ccccc87)ccc65)c4)n3)c2)cc1. The largest absolute Gasteiger partial charge is 0.309 e. The first-order valence-corrected chi connectivity index (χ1v) is 39.8. The molecule has 6 aromatic heterocycles. The van der Waals surface area contributed by atoms with E-state index in [9.17, 15) is 0 Å². The van der Waals surface area contributed by atoms with Crippen LogP contribution in [0, 0.1) is 0 Å². The van der Waals surface area contributed by atoms with Gasteiger partial charge in [-0.15, -0.1) is 0 Å². The van der Waals surface area contributed by atoms with Crippen molar-refractivity contribution >= 4 is 87.2 Å². The number of benzene rings is 17. The second-order valence-electron chi connectivity index (χ2n) is 29.8. The van der Waals surface area contributed by atoms with Gasteiger partial charge in [0.15, 0.2) is 34.9 Å². The highest BCUT2D eigenvalue weighted by molar-refractivity contribution is 6.14. The smallest absolute Gasteiger partial charge is 0.164 e. The number of nitrogens with zero attached hydrogens (tertiary/aromatic N) is 10. The number of rotatable bonds is 13. The Bertz CT molecular complexity index is 7570. The van der Waals surface area contributed by atoms with E-state index >= 15 is 0 Å². The summed E-state index contributed by atoms with van der Waals surface area (Å²) in [5.74, 6) is 3.74. The van der Waals surface area contributed by atoms with Gasteiger partial charge in [0.05, 0.1) is 44.1 Å². The molecule has 0 N–H and O–H groups in total. The van der Waals surface area contributed by atoms with E-state index in [1.54, 1.807) is 0 Å². The Hall–Kier alpha value is -16.0. The minimum atomic E-state index is 0.612. The summed E-state index contributed by atoms with van der Waals surface area (Å²) in [5, 5.41) is 9.78. The molecule has 23 rings (SSSR count). The molecule has 0 saturated heterocycles. The minimum absolute atomic E-state index is 0.612. The maximum Gasteiger partial charge on any atom is 0.164 e. The lowest BCUT2D eigenvalue weighted by molar-refractivity contribution is 1.07. The molecular weight excluding hydrogens is 1440 g/mol. The van der Waals surface area contributed by atoms with Crippen molar-refractivity contribution in [3.63, 3.8) is 0 Å². The van der Waals surface area contributed by atoms with E-state index in [1.807, 2.05) is 48.5 Å². The van der Waals surface area contributed by atoms with Crippen molar-refractivity contribution in [3.05, 3.63) is 425 Å². The van der Waals surface area contributed by atoms with E-state index in [2.05, 4.69) is 394 Å². The predicted molar refractivity (Wildman–Crippen MR) is 486 cm³/mol. The van der Waals surface area contributed by atoms with Gasteiger partial charge in [0, 0.05) is 99.2 Å². The third kappa shape index (κ3) is 12.3. The van der Waals surface area contributed by atoms with Crippen LogP contribution in [-0.2, 0) is 0 Å². The van der Waals surface area contributed by atoms with Crippen molar-refractivity contribution in [2.24, 2.45) is 0 Å². The molecule has 0 atom stereocenters. The average Bonchev–Trinajstić information content (AvgIpc) is 1.58. The second-order valence-corrected chi connectivity index (χ2v) is 29.8. The molecule has 0 amide bonds. The topological polar surface area (TPSA) is 97.1 Å². The van der Waals surface area contributed by atoms with Crippen LogP contribution >= 0.6 is 0 Å². The Morgan fingerprint density at radius 1 is 0.119 bits per heavy atom. The van der Waals surface area contributed by atoms with E-state index in [4.69, 9.17) is 29.9 Å². The fraction of sp³-hybridized carbons (Fsp3) is 0. The maximum atomic E-state index is 5.17. The van der Waals surface area contributed by atoms with Crippen LogP contribution in [-0.4, -0.2) is 48.2 Å². The van der Waals surface area contributed by atoms with Crippen LogP contribution in [0.2, 0.25) is 0 Å². The van der Waals surface area contributed by atoms with E-state index in [-0.39, 0.29) is 0 Å². The molecule has 0 aliphatic rings. The second kappa shape index (κ2) is 29.2. The summed E-state index contributed by atoms with van der Waals surface area (Å²) < 4.78 is 9.48. The molecule has 23 aromatic rings. The minimum Gasteiger partial charge on any atom is -0.309 e. The van der Waals surface area contributed by atoms with Gasteiger partial charge in [-0.3, -0.25) is 0 Å². The molecule has 0 aliphatic carbocycles. The van der Waals surface area contributed by atoms with Gasteiger partial charge < -0.3 is 18.3 Å². The molecule has 0 fully saturated rings. The highest BCUT2D eigenvalue weighted by Crippen LogP contribution is 2.42. The van der Waals surface area contributed by atoms with Crippen molar-refractivity contribution in [2.45, 2.75) is 0 Å². The third-order valence-electron chi connectivity index (χ3n) is 22.7. The monoisotopic (exact) mass is 1510 g/mol. The van der Waals surface area contributed by atoms with Crippen LogP contribution < -0.4 is 0 Å². The first-order chi connectivity index (χ1) is 58.5. The average molecular weight is 1510 g/mol. The van der Waals surface area contributed by atoms with Gasteiger partial charge in [-0.1, -0.05) is 322 Å². The summed E-state index contributed by atoms with van der Waals surface area (Å²) in [4.78, 5) is 30.7. The van der Waals surface area contributed by atoms with Crippen LogP contribution in [0.3, 0.4) is 0 Å². The Kier molecular flexibility index (Phi) is 17.0. The van der Waals surface area contributed by atoms with Crippen molar-refractivity contribution in [2.75, 3.05) is 0 Å². The molecule has 0 bridgehead atoms. The van der Waals surface area contributed by atoms with Gasteiger partial charge >= 0.3 is 0 Å². The Morgan fingerprint density at radius 3 is 0.653 bits per heavy atom. The van der Waals surface area contributed by atoms with Crippen LogP contribution in [0.5, 0.6) is 0 Å². The fourth-order valence-corrected chi connectivity index (χ4v) is 17.2. The van der Waals surface area contributed by atoms with Crippen molar-refractivity contribution in [3.8, 4) is 124 Å². The Labute approximate surface area is 680 Å². The van der Waals surface area contributed by atoms with Crippen LogP contribution in [0.25, 0.3) is 212 Å². The van der Waals surface area contributed by atoms with Crippen LogP contribution in [0.4, 0.5) is 0 Å². The van der Waals surface area contributed by atoms with Crippen LogP contribution in [0.1, 0.15) is 0 Å². The lowest BCUT2D eigenvalue weighted by Gasteiger charge is -2.12. The van der Waals surface area contributed by atoms with Gasteiger partial charge in [0.2, 0.25) is 0 Å². The molecule has 0 spiro atoms.